The molecule has 0 amide bonds. The van der Waals surface area contributed by atoms with E-state index in [2.05, 4.69) is 63.0 Å². The van der Waals surface area contributed by atoms with Crippen LogP contribution in [0.1, 0.15) is 62.4 Å². The highest BCUT2D eigenvalue weighted by molar-refractivity contribution is 5.41. The number of benzene rings is 1. The highest BCUT2D eigenvalue weighted by Gasteiger charge is 2.46. The number of hydrazine groups is 1. The van der Waals surface area contributed by atoms with E-state index in [1.54, 1.807) is 6.33 Å². The molecular formula is C25H33N5O2. The van der Waals surface area contributed by atoms with Crippen LogP contribution in [-0.2, 0) is 9.47 Å². The number of fused-ring (bicyclic) bond motifs is 1. The highest BCUT2D eigenvalue weighted by atomic mass is 16.5. The molecule has 0 radical (unpaired) electrons. The molecule has 0 bridgehead atoms. The molecular weight excluding hydrogens is 402 g/mol. The van der Waals surface area contributed by atoms with Gasteiger partial charge in [-0.2, -0.15) is 0 Å². The molecule has 2 aromatic rings. The van der Waals surface area contributed by atoms with Crippen LogP contribution in [-0.4, -0.2) is 47.4 Å². The third-order valence-electron chi connectivity index (χ3n) is 7.66. The summed E-state index contributed by atoms with van der Waals surface area (Å²) in [7, 11) is 0. The summed E-state index contributed by atoms with van der Waals surface area (Å²) in [5, 5.41) is 0. The van der Waals surface area contributed by atoms with E-state index in [4.69, 9.17) is 9.47 Å². The number of nitrogens with one attached hydrogen (secondary N) is 2. The molecule has 4 unspecified atom stereocenters. The summed E-state index contributed by atoms with van der Waals surface area (Å²) in [6, 6.07) is 13.3. The lowest BCUT2D eigenvalue weighted by Crippen LogP contribution is -2.39. The van der Waals surface area contributed by atoms with Gasteiger partial charge in [0.1, 0.15) is 18.2 Å². The smallest absolute Gasteiger partial charge is 0.132 e. The summed E-state index contributed by atoms with van der Waals surface area (Å²) >= 11 is 0. The summed E-state index contributed by atoms with van der Waals surface area (Å²) in [5.41, 5.74) is 9.49. The molecule has 3 heterocycles. The molecule has 7 heteroatoms. The standard InChI is InChI=1S/C25H33N5O2/c1-25(9-10-25)32-18-7-8-20-19(13-18)24(29-28-20)21-14-23(27-16-26-21)30-11-12-31-22(15-30)17-5-3-2-4-6-17/h2-6,14,16,18-20,22,24,28-29H,7-13,15H2,1H3/t18?,19?,20?,22-,24?/m1/s1. The fourth-order valence-corrected chi connectivity index (χ4v) is 5.54. The molecule has 2 saturated heterocycles. The zero-order chi connectivity index (χ0) is 21.5. The lowest BCUT2D eigenvalue weighted by Gasteiger charge is -2.35. The second-order valence-corrected chi connectivity index (χ2v) is 10.1. The number of aromatic nitrogens is 2. The Kier molecular flexibility index (Phi) is 5.38. The topological polar surface area (TPSA) is 71.5 Å². The summed E-state index contributed by atoms with van der Waals surface area (Å²) < 4.78 is 12.5. The summed E-state index contributed by atoms with van der Waals surface area (Å²) in [5.74, 6) is 1.47. The van der Waals surface area contributed by atoms with Crippen LogP contribution in [0.15, 0.2) is 42.7 Å². The van der Waals surface area contributed by atoms with E-state index >= 15 is 0 Å². The molecule has 7 nitrogen and oxygen atoms in total. The van der Waals surface area contributed by atoms with Crippen LogP contribution in [0.3, 0.4) is 0 Å². The van der Waals surface area contributed by atoms with Gasteiger partial charge in [0, 0.05) is 31.1 Å². The van der Waals surface area contributed by atoms with Gasteiger partial charge in [0.15, 0.2) is 0 Å². The van der Waals surface area contributed by atoms with E-state index in [0.717, 1.165) is 43.9 Å². The lowest BCUT2D eigenvalue weighted by atomic mass is 9.79. The Morgan fingerprint density at radius 2 is 2.00 bits per heavy atom. The highest BCUT2D eigenvalue weighted by Crippen LogP contribution is 2.45. The number of hydrogen-bond donors (Lipinski definition) is 2. The van der Waals surface area contributed by atoms with E-state index in [1.165, 1.54) is 18.4 Å². The number of anilines is 1. The summed E-state index contributed by atoms with van der Waals surface area (Å²) in [6.45, 7) is 4.60. The SMILES string of the molecule is CC1(OC2CCC3NNC(c4cc(N5CCO[C@@H](c6ccccc6)C5)ncn4)C3C2)CC1. The first kappa shape index (κ1) is 20.5. The maximum Gasteiger partial charge on any atom is 0.132 e. The number of hydrogen-bond acceptors (Lipinski definition) is 7. The molecule has 2 N–H and O–H groups in total. The normalized spacial score (nSPS) is 33.7. The molecule has 4 aliphatic rings. The van der Waals surface area contributed by atoms with Gasteiger partial charge in [-0.15, -0.1) is 0 Å². The van der Waals surface area contributed by atoms with E-state index < -0.39 is 0 Å². The van der Waals surface area contributed by atoms with Crippen LogP contribution in [0.5, 0.6) is 0 Å². The first-order valence-electron chi connectivity index (χ1n) is 12.1. The van der Waals surface area contributed by atoms with Crippen molar-refractivity contribution in [3.63, 3.8) is 0 Å². The minimum absolute atomic E-state index is 0.0686. The zero-order valence-corrected chi connectivity index (χ0v) is 18.7. The van der Waals surface area contributed by atoms with Crippen molar-refractivity contribution in [1.82, 2.24) is 20.8 Å². The van der Waals surface area contributed by atoms with Crippen LogP contribution >= 0.6 is 0 Å². The van der Waals surface area contributed by atoms with Crippen LogP contribution in [0.4, 0.5) is 5.82 Å². The van der Waals surface area contributed by atoms with Crippen LogP contribution in [0, 0.1) is 5.92 Å². The Labute approximate surface area is 189 Å². The molecule has 32 heavy (non-hydrogen) atoms. The summed E-state index contributed by atoms with van der Waals surface area (Å²) in [4.78, 5) is 11.6. The van der Waals surface area contributed by atoms with Gasteiger partial charge in [-0.25, -0.2) is 15.4 Å². The Balaban J connectivity index is 1.17. The van der Waals surface area contributed by atoms with Gasteiger partial charge >= 0.3 is 0 Å². The Hall–Kier alpha value is -2.06. The molecule has 2 saturated carbocycles. The summed E-state index contributed by atoms with van der Waals surface area (Å²) in [6.07, 6.45) is 7.93. The average Bonchev–Trinajstić information content (AvgIpc) is 3.42. The van der Waals surface area contributed by atoms with Gasteiger partial charge in [0.2, 0.25) is 0 Å². The second kappa shape index (κ2) is 8.37. The van der Waals surface area contributed by atoms with Crippen molar-refractivity contribution >= 4 is 5.82 Å². The maximum absolute atomic E-state index is 6.44. The zero-order valence-electron chi connectivity index (χ0n) is 18.7. The van der Waals surface area contributed by atoms with Gasteiger partial charge in [0.05, 0.1) is 30.0 Å². The second-order valence-electron chi connectivity index (χ2n) is 10.1. The molecule has 170 valence electrons. The fourth-order valence-electron chi connectivity index (χ4n) is 5.54. The largest absolute Gasteiger partial charge is 0.372 e. The van der Waals surface area contributed by atoms with Crippen LogP contribution < -0.4 is 15.8 Å². The van der Waals surface area contributed by atoms with Crippen LogP contribution in [0.2, 0.25) is 0 Å². The van der Waals surface area contributed by atoms with Crippen molar-refractivity contribution in [3.05, 3.63) is 54.0 Å². The molecule has 5 atom stereocenters. The van der Waals surface area contributed by atoms with E-state index in [9.17, 15) is 0 Å². The van der Waals surface area contributed by atoms with Gasteiger partial charge in [-0.3, -0.25) is 5.43 Å². The van der Waals surface area contributed by atoms with Crippen molar-refractivity contribution < 1.29 is 9.47 Å². The van der Waals surface area contributed by atoms with Gasteiger partial charge in [-0.1, -0.05) is 30.3 Å². The number of rotatable bonds is 5. The van der Waals surface area contributed by atoms with Crippen molar-refractivity contribution in [2.24, 2.45) is 5.92 Å². The fraction of sp³-hybridized carbons (Fsp3) is 0.600. The molecule has 2 aliphatic carbocycles. The minimum Gasteiger partial charge on any atom is -0.372 e. The molecule has 4 fully saturated rings. The monoisotopic (exact) mass is 435 g/mol. The first-order valence-corrected chi connectivity index (χ1v) is 12.1. The predicted molar refractivity (Wildman–Crippen MR) is 122 cm³/mol. The van der Waals surface area contributed by atoms with Crippen molar-refractivity contribution in [2.75, 3.05) is 24.6 Å². The van der Waals surface area contributed by atoms with E-state index in [1.807, 2.05) is 6.07 Å². The Bertz CT molecular complexity index is 937. The molecule has 6 rings (SSSR count). The van der Waals surface area contributed by atoms with E-state index in [0.29, 0.717) is 24.7 Å². The van der Waals surface area contributed by atoms with E-state index in [-0.39, 0.29) is 17.7 Å². The third kappa shape index (κ3) is 4.15. The lowest BCUT2D eigenvalue weighted by molar-refractivity contribution is -0.0500. The van der Waals surface area contributed by atoms with Gasteiger partial charge in [-0.05, 0) is 44.6 Å². The van der Waals surface area contributed by atoms with Crippen molar-refractivity contribution in [3.8, 4) is 0 Å². The first-order chi connectivity index (χ1) is 15.7. The molecule has 1 aromatic heterocycles. The average molecular weight is 436 g/mol. The van der Waals surface area contributed by atoms with Crippen LogP contribution in [0.25, 0.3) is 0 Å². The number of morpholine rings is 1. The molecule has 0 spiro atoms. The Morgan fingerprint density at radius 3 is 2.84 bits per heavy atom. The third-order valence-corrected chi connectivity index (χ3v) is 7.66. The predicted octanol–water partition coefficient (Wildman–Crippen LogP) is 3.31. The van der Waals surface area contributed by atoms with Crippen molar-refractivity contribution in [2.45, 2.75) is 68.9 Å². The van der Waals surface area contributed by atoms with Crippen molar-refractivity contribution in [1.29, 1.82) is 0 Å². The maximum atomic E-state index is 6.44. The quantitative estimate of drug-likeness (QED) is 0.747. The van der Waals surface area contributed by atoms with Gasteiger partial charge < -0.3 is 14.4 Å². The molecule has 1 aromatic carbocycles. The Morgan fingerprint density at radius 1 is 1.12 bits per heavy atom. The van der Waals surface area contributed by atoms with Gasteiger partial charge in [0.25, 0.3) is 0 Å². The minimum atomic E-state index is 0.0686. The number of ether oxygens (including phenoxy) is 2. The number of nitrogens with zero attached hydrogens (tertiary/aromatic N) is 3. The molecule has 2 aliphatic heterocycles.